The van der Waals surface area contributed by atoms with Crippen molar-refractivity contribution in [2.24, 2.45) is 0 Å². The number of rotatable bonds is 3. The quantitative estimate of drug-likeness (QED) is 0.417. The summed E-state index contributed by atoms with van der Waals surface area (Å²) in [6.07, 6.45) is 5.84. The van der Waals surface area contributed by atoms with Gasteiger partial charge in [0.25, 0.3) is 5.69 Å². The molecule has 0 saturated heterocycles. The fourth-order valence-corrected chi connectivity index (χ4v) is 1.22. The van der Waals surface area contributed by atoms with Crippen LogP contribution in [0.1, 0.15) is 24.8 Å². The van der Waals surface area contributed by atoms with Gasteiger partial charge in [0.15, 0.2) is 0 Å². The monoisotopic (exact) mass is 189 g/mol. The number of nitro groups is 1. The van der Waals surface area contributed by atoms with Crippen molar-refractivity contribution in [2.75, 3.05) is 0 Å². The molecule has 1 aromatic rings. The Morgan fingerprint density at radius 1 is 1.50 bits per heavy atom. The molecule has 3 heteroatoms. The summed E-state index contributed by atoms with van der Waals surface area (Å²) in [6, 6.07) is 6.50. The second-order valence-corrected chi connectivity index (χ2v) is 3.16. The van der Waals surface area contributed by atoms with E-state index < -0.39 is 4.92 Å². The van der Waals surface area contributed by atoms with Crippen molar-refractivity contribution in [2.45, 2.75) is 19.3 Å². The lowest BCUT2D eigenvalue weighted by Gasteiger charge is -2.06. The number of terminal acetylenes is 1. The zero-order valence-corrected chi connectivity index (χ0v) is 7.93. The fraction of sp³-hybridized carbons (Fsp3) is 0.273. The predicted molar refractivity (Wildman–Crippen MR) is 55.0 cm³/mol. The zero-order valence-electron chi connectivity index (χ0n) is 7.93. The van der Waals surface area contributed by atoms with Gasteiger partial charge in [0.2, 0.25) is 0 Å². The average molecular weight is 189 g/mol. The van der Waals surface area contributed by atoms with Crippen LogP contribution < -0.4 is 0 Å². The van der Waals surface area contributed by atoms with Crippen LogP contribution in [0.4, 0.5) is 5.69 Å². The second-order valence-electron chi connectivity index (χ2n) is 3.16. The second kappa shape index (κ2) is 4.43. The van der Waals surface area contributed by atoms with Gasteiger partial charge in [0, 0.05) is 18.6 Å². The Bertz CT molecular complexity index is 362. The van der Waals surface area contributed by atoms with E-state index in [1.807, 2.05) is 6.92 Å². The van der Waals surface area contributed by atoms with E-state index in [9.17, 15) is 10.1 Å². The van der Waals surface area contributed by atoms with Gasteiger partial charge in [-0.25, -0.2) is 0 Å². The Kier molecular flexibility index (Phi) is 3.24. The average Bonchev–Trinajstić information content (AvgIpc) is 2.18. The first-order valence-corrected chi connectivity index (χ1v) is 4.33. The molecule has 0 radical (unpaired) electrons. The minimum atomic E-state index is -0.407. The van der Waals surface area contributed by atoms with E-state index in [2.05, 4.69) is 5.92 Å². The summed E-state index contributed by atoms with van der Waals surface area (Å²) >= 11 is 0. The number of nitrogens with zero attached hydrogens (tertiary/aromatic N) is 1. The molecular weight excluding hydrogens is 178 g/mol. The minimum Gasteiger partial charge on any atom is -0.258 e. The molecule has 1 rings (SSSR count). The topological polar surface area (TPSA) is 43.1 Å². The van der Waals surface area contributed by atoms with Crippen LogP contribution in [0.2, 0.25) is 0 Å². The van der Waals surface area contributed by atoms with E-state index in [0.717, 1.165) is 5.56 Å². The van der Waals surface area contributed by atoms with Gasteiger partial charge in [-0.05, 0) is 11.5 Å². The number of hydrogen-bond donors (Lipinski definition) is 0. The standard InChI is InChI=1S/C11H11NO2/c1-3-4-9(2)10-5-7-11(8-6-10)12(13)14/h1,5-9H,4H2,2H3. The van der Waals surface area contributed by atoms with E-state index in [-0.39, 0.29) is 11.6 Å². The summed E-state index contributed by atoms with van der Waals surface area (Å²) in [5.41, 5.74) is 1.15. The first-order valence-electron chi connectivity index (χ1n) is 4.33. The largest absolute Gasteiger partial charge is 0.269 e. The van der Waals surface area contributed by atoms with Crippen molar-refractivity contribution in [1.82, 2.24) is 0 Å². The Balaban J connectivity index is 2.84. The van der Waals surface area contributed by atoms with Gasteiger partial charge in [-0.1, -0.05) is 19.1 Å². The smallest absolute Gasteiger partial charge is 0.258 e. The van der Waals surface area contributed by atoms with Crippen LogP contribution in [-0.2, 0) is 0 Å². The maximum Gasteiger partial charge on any atom is 0.269 e. The molecule has 0 bridgehead atoms. The molecule has 1 aromatic carbocycles. The molecule has 0 aliphatic heterocycles. The third kappa shape index (κ3) is 2.33. The summed E-state index contributed by atoms with van der Waals surface area (Å²) in [5.74, 6) is 2.82. The van der Waals surface area contributed by atoms with Crippen LogP contribution in [0.25, 0.3) is 0 Å². The third-order valence-electron chi connectivity index (χ3n) is 2.10. The molecule has 72 valence electrons. The molecule has 0 aliphatic rings. The highest BCUT2D eigenvalue weighted by atomic mass is 16.6. The van der Waals surface area contributed by atoms with Gasteiger partial charge in [0.1, 0.15) is 0 Å². The van der Waals surface area contributed by atoms with Crippen molar-refractivity contribution in [3.8, 4) is 12.3 Å². The number of benzene rings is 1. The molecule has 1 unspecified atom stereocenters. The summed E-state index contributed by atoms with van der Waals surface area (Å²) in [6.45, 7) is 2.00. The van der Waals surface area contributed by atoms with E-state index in [4.69, 9.17) is 6.42 Å². The maximum absolute atomic E-state index is 10.4. The minimum absolute atomic E-state index is 0.113. The van der Waals surface area contributed by atoms with Gasteiger partial charge >= 0.3 is 0 Å². The van der Waals surface area contributed by atoms with Crippen LogP contribution in [0, 0.1) is 22.5 Å². The number of non-ortho nitro benzene ring substituents is 1. The molecule has 0 spiro atoms. The highest BCUT2D eigenvalue weighted by molar-refractivity contribution is 5.34. The lowest BCUT2D eigenvalue weighted by Crippen LogP contribution is -1.93. The highest BCUT2D eigenvalue weighted by Crippen LogP contribution is 2.21. The third-order valence-corrected chi connectivity index (χ3v) is 2.10. The first-order chi connectivity index (χ1) is 6.65. The van der Waals surface area contributed by atoms with Crippen LogP contribution >= 0.6 is 0 Å². The zero-order chi connectivity index (χ0) is 10.6. The van der Waals surface area contributed by atoms with Crippen LogP contribution in [-0.4, -0.2) is 4.92 Å². The molecule has 0 aromatic heterocycles. The van der Waals surface area contributed by atoms with Gasteiger partial charge in [0.05, 0.1) is 4.92 Å². The predicted octanol–water partition coefficient (Wildman–Crippen LogP) is 2.72. The molecule has 0 amide bonds. The summed E-state index contributed by atoms with van der Waals surface area (Å²) in [7, 11) is 0. The summed E-state index contributed by atoms with van der Waals surface area (Å²) in [5, 5.41) is 10.4. The molecule has 0 N–H and O–H groups in total. The van der Waals surface area contributed by atoms with Crippen molar-refractivity contribution in [3.05, 3.63) is 39.9 Å². The number of hydrogen-bond acceptors (Lipinski definition) is 2. The van der Waals surface area contributed by atoms with E-state index in [0.29, 0.717) is 6.42 Å². The summed E-state index contributed by atoms with van der Waals surface area (Å²) < 4.78 is 0. The first kappa shape index (κ1) is 10.3. The van der Waals surface area contributed by atoms with Gasteiger partial charge in [-0.15, -0.1) is 12.3 Å². The van der Waals surface area contributed by atoms with Crippen molar-refractivity contribution in [1.29, 1.82) is 0 Å². The van der Waals surface area contributed by atoms with Crippen molar-refractivity contribution < 1.29 is 4.92 Å². The molecule has 0 saturated carbocycles. The molecule has 14 heavy (non-hydrogen) atoms. The normalized spacial score (nSPS) is 11.7. The van der Waals surface area contributed by atoms with E-state index in [1.165, 1.54) is 12.1 Å². The van der Waals surface area contributed by atoms with Gasteiger partial charge < -0.3 is 0 Å². The van der Waals surface area contributed by atoms with E-state index in [1.54, 1.807) is 12.1 Å². The van der Waals surface area contributed by atoms with Crippen LogP contribution in [0.15, 0.2) is 24.3 Å². The van der Waals surface area contributed by atoms with Crippen LogP contribution in [0.5, 0.6) is 0 Å². The van der Waals surface area contributed by atoms with Crippen LogP contribution in [0.3, 0.4) is 0 Å². The van der Waals surface area contributed by atoms with Crippen molar-refractivity contribution >= 4 is 5.69 Å². The number of nitro benzene ring substituents is 1. The lowest BCUT2D eigenvalue weighted by molar-refractivity contribution is -0.384. The Labute approximate surface area is 82.9 Å². The Morgan fingerprint density at radius 2 is 2.07 bits per heavy atom. The highest BCUT2D eigenvalue weighted by Gasteiger charge is 2.07. The molecule has 1 atom stereocenters. The molecule has 0 fully saturated rings. The molecule has 0 aliphatic carbocycles. The molecule has 0 heterocycles. The molecule has 3 nitrogen and oxygen atoms in total. The fourth-order valence-electron chi connectivity index (χ4n) is 1.22. The van der Waals surface area contributed by atoms with Crippen molar-refractivity contribution in [3.63, 3.8) is 0 Å². The van der Waals surface area contributed by atoms with Gasteiger partial charge in [-0.2, -0.15) is 0 Å². The summed E-state index contributed by atoms with van der Waals surface area (Å²) in [4.78, 5) is 9.97. The van der Waals surface area contributed by atoms with Gasteiger partial charge in [-0.3, -0.25) is 10.1 Å². The Hall–Kier alpha value is -1.82. The Morgan fingerprint density at radius 3 is 2.50 bits per heavy atom. The SMILES string of the molecule is C#CCC(C)c1ccc([N+](=O)[O-])cc1. The molecular formula is C11H11NO2. The van der Waals surface area contributed by atoms with E-state index >= 15 is 0 Å². The maximum atomic E-state index is 10.4. The lowest BCUT2D eigenvalue weighted by atomic mass is 9.98.